The van der Waals surface area contributed by atoms with Crippen LogP contribution in [0.1, 0.15) is 6.92 Å². The molecule has 1 heterocycles. The quantitative estimate of drug-likeness (QED) is 0.581. The van der Waals surface area contributed by atoms with E-state index in [4.69, 9.17) is 14.9 Å². The molecule has 1 aliphatic heterocycles. The van der Waals surface area contributed by atoms with Crippen LogP contribution < -0.4 is 0 Å². The number of aliphatic hydroxyl groups excluding tert-OH is 2. The van der Waals surface area contributed by atoms with E-state index in [9.17, 15) is 0 Å². The minimum Gasteiger partial charge on any atom is -0.395 e. The summed E-state index contributed by atoms with van der Waals surface area (Å²) in [5, 5.41) is 17.9. The van der Waals surface area contributed by atoms with E-state index < -0.39 is 0 Å². The molecule has 4 nitrogen and oxygen atoms in total. The Kier molecular flexibility index (Phi) is 3.94. The van der Waals surface area contributed by atoms with Gasteiger partial charge in [0.15, 0.2) is 0 Å². The molecule has 0 saturated carbocycles. The van der Waals surface area contributed by atoms with E-state index in [2.05, 4.69) is 4.90 Å². The van der Waals surface area contributed by atoms with Gasteiger partial charge in [0.25, 0.3) is 0 Å². The maximum atomic E-state index is 9.00. The summed E-state index contributed by atoms with van der Waals surface area (Å²) < 4.78 is 5.21. The van der Waals surface area contributed by atoms with Gasteiger partial charge in [-0.1, -0.05) is 0 Å². The number of rotatable bonds is 3. The number of aliphatic hydroxyl groups is 2. The van der Waals surface area contributed by atoms with Gasteiger partial charge in [-0.2, -0.15) is 0 Å². The molecule has 0 amide bonds. The number of hydrogen-bond acceptors (Lipinski definition) is 4. The zero-order chi connectivity index (χ0) is 8.97. The molecule has 0 bridgehead atoms. The van der Waals surface area contributed by atoms with E-state index in [0.717, 1.165) is 6.54 Å². The Morgan fingerprint density at radius 2 is 2.33 bits per heavy atom. The molecule has 1 fully saturated rings. The highest BCUT2D eigenvalue weighted by Crippen LogP contribution is 2.09. The second kappa shape index (κ2) is 4.77. The molecule has 0 aromatic heterocycles. The van der Waals surface area contributed by atoms with Gasteiger partial charge in [-0.05, 0) is 6.92 Å². The summed E-state index contributed by atoms with van der Waals surface area (Å²) >= 11 is 0. The highest BCUT2D eigenvalue weighted by molar-refractivity contribution is 4.78. The van der Waals surface area contributed by atoms with Crippen LogP contribution >= 0.6 is 0 Å². The standard InChI is InChI=1S/C8H17NO3/c1-7(4-10)9-2-3-12-6-8(9)5-11/h7-8,10-11H,2-6H2,1H3. The Morgan fingerprint density at radius 3 is 2.92 bits per heavy atom. The Morgan fingerprint density at radius 1 is 1.58 bits per heavy atom. The van der Waals surface area contributed by atoms with Gasteiger partial charge in [-0.15, -0.1) is 0 Å². The lowest BCUT2D eigenvalue weighted by Crippen LogP contribution is -2.52. The van der Waals surface area contributed by atoms with Gasteiger partial charge in [0.1, 0.15) is 0 Å². The minimum atomic E-state index is 0.0564. The summed E-state index contributed by atoms with van der Waals surface area (Å²) in [4.78, 5) is 2.09. The van der Waals surface area contributed by atoms with Crippen LogP contribution in [-0.4, -0.2) is 60.2 Å². The van der Waals surface area contributed by atoms with Crippen molar-refractivity contribution in [2.75, 3.05) is 33.0 Å². The van der Waals surface area contributed by atoms with Crippen LogP contribution in [0.3, 0.4) is 0 Å². The van der Waals surface area contributed by atoms with Crippen molar-refractivity contribution >= 4 is 0 Å². The molecule has 1 saturated heterocycles. The lowest BCUT2D eigenvalue weighted by atomic mass is 10.2. The second-order valence-corrected chi connectivity index (χ2v) is 3.18. The topological polar surface area (TPSA) is 52.9 Å². The average molecular weight is 175 g/mol. The highest BCUT2D eigenvalue weighted by Gasteiger charge is 2.25. The van der Waals surface area contributed by atoms with Crippen LogP contribution in [0, 0.1) is 0 Å². The summed E-state index contributed by atoms with van der Waals surface area (Å²) in [6, 6.07) is 0.173. The van der Waals surface area contributed by atoms with Gasteiger partial charge in [0.05, 0.1) is 32.5 Å². The molecule has 0 aromatic carbocycles. The number of hydrogen-bond donors (Lipinski definition) is 2. The number of ether oxygens (including phenoxy) is 1. The SMILES string of the molecule is CC(CO)N1CCOCC1CO. The van der Waals surface area contributed by atoms with Gasteiger partial charge >= 0.3 is 0 Å². The van der Waals surface area contributed by atoms with Crippen LogP contribution in [0.4, 0.5) is 0 Å². The number of morpholine rings is 1. The third-order valence-corrected chi connectivity index (χ3v) is 2.31. The van der Waals surface area contributed by atoms with Crippen molar-refractivity contribution in [1.29, 1.82) is 0 Å². The molecular formula is C8H17NO3. The molecule has 0 aliphatic carbocycles. The third-order valence-electron chi connectivity index (χ3n) is 2.31. The molecule has 12 heavy (non-hydrogen) atoms. The molecule has 0 spiro atoms. The molecule has 4 heteroatoms. The summed E-state index contributed by atoms with van der Waals surface area (Å²) in [5.74, 6) is 0. The van der Waals surface area contributed by atoms with Gasteiger partial charge in [-0.25, -0.2) is 0 Å². The Balaban J connectivity index is 2.46. The molecule has 1 aliphatic rings. The van der Waals surface area contributed by atoms with E-state index in [1.54, 1.807) is 0 Å². The van der Waals surface area contributed by atoms with Crippen LogP contribution in [0.2, 0.25) is 0 Å². The van der Waals surface area contributed by atoms with Crippen LogP contribution in [0.5, 0.6) is 0 Å². The first kappa shape index (κ1) is 9.92. The first-order valence-corrected chi connectivity index (χ1v) is 4.34. The van der Waals surface area contributed by atoms with Crippen molar-refractivity contribution in [1.82, 2.24) is 4.90 Å². The maximum Gasteiger partial charge on any atom is 0.0644 e. The van der Waals surface area contributed by atoms with Crippen molar-refractivity contribution in [2.24, 2.45) is 0 Å². The van der Waals surface area contributed by atoms with Gasteiger partial charge in [0, 0.05) is 12.6 Å². The molecule has 72 valence electrons. The lowest BCUT2D eigenvalue weighted by molar-refractivity contribution is -0.0525. The first-order valence-electron chi connectivity index (χ1n) is 4.34. The van der Waals surface area contributed by atoms with Gasteiger partial charge < -0.3 is 14.9 Å². The zero-order valence-corrected chi connectivity index (χ0v) is 7.44. The monoisotopic (exact) mass is 175 g/mol. The fraction of sp³-hybridized carbons (Fsp3) is 1.00. The first-order chi connectivity index (χ1) is 5.79. The highest BCUT2D eigenvalue weighted by atomic mass is 16.5. The Labute approximate surface area is 72.7 Å². The smallest absolute Gasteiger partial charge is 0.0644 e. The molecule has 2 unspecified atom stereocenters. The third kappa shape index (κ3) is 2.17. The summed E-state index contributed by atoms with van der Waals surface area (Å²) in [6.07, 6.45) is 0. The predicted molar refractivity (Wildman–Crippen MR) is 44.9 cm³/mol. The van der Waals surface area contributed by atoms with Crippen LogP contribution in [-0.2, 0) is 4.74 Å². The van der Waals surface area contributed by atoms with E-state index in [-0.39, 0.29) is 25.3 Å². The van der Waals surface area contributed by atoms with Crippen molar-refractivity contribution < 1.29 is 14.9 Å². The van der Waals surface area contributed by atoms with Crippen molar-refractivity contribution in [3.63, 3.8) is 0 Å². The van der Waals surface area contributed by atoms with Gasteiger partial charge in [-0.3, -0.25) is 4.90 Å². The van der Waals surface area contributed by atoms with Gasteiger partial charge in [0.2, 0.25) is 0 Å². The van der Waals surface area contributed by atoms with Crippen LogP contribution in [0.15, 0.2) is 0 Å². The molecule has 1 rings (SSSR count). The Bertz CT molecular complexity index is 131. The summed E-state index contributed by atoms with van der Waals surface area (Å²) in [6.45, 7) is 4.25. The van der Waals surface area contributed by atoms with E-state index in [1.807, 2.05) is 6.92 Å². The normalized spacial score (nSPS) is 28.8. The number of nitrogens with zero attached hydrogens (tertiary/aromatic N) is 1. The largest absolute Gasteiger partial charge is 0.395 e. The maximum absolute atomic E-state index is 9.00. The summed E-state index contributed by atoms with van der Waals surface area (Å²) in [5.41, 5.74) is 0. The fourth-order valence-corrected chi connectivity index (χ4v) is 1.51. The lowest BCUT2D eigenvalue weighted by Gasteiger charge is -2.37. The molecular weight excluding hydrogens is 158 g/mol. The molecule has 2 atom stereocenters. The molecule has 0 aromatic rings. The van der Waals surface area contributed by atoms with E-state index in [0.29, 0.717) is 13.2 Å². The average Bonchev–Trinajstić information content (AvgIpc) is 2.16. The Hall–Kier alpha value is -0.160. The van der Waals surface area contributed by atoms with Crippen molar-refractivity contribution in [2.45, 2.75) is 19.0 Å². The fourth-order valence-electron chi connectivity index (χ4n) is 1.51. The van der Waals surface area contributed by atoms with E-state index >= 15 is 0 Å². The zero-order valence-electron chi connectivity index (χ0n) is 7.44. The second-order valence-electron chi connectivity index (χ2n) is 3.18. The van der Waals surface area contributed by atoms with Crippen molar-refractivity contribution in [3.8, 4) is 0 Å². The van der Waals surface area contributed by atoms with Crippen molar-refractivity contribution in [3.05, 3.63) is 0 Å². The minimum absolute atomic E-state index is 0.0564. The molecule has 2 N–H and O–H groups in total. The molecule has 0 radical (unpaired) electrons. The van der Waals surface area contributed by atoms with Crippen LogP contribution in [0.25, 0.3) is 0 Å². The van der Waals surface area contributed by atoms with E-state index in [1.165, 1.54) is 0 Å². The summed E-state index contributed by atoms with van der Waals surface area (Å²) in [7, 11) is 0. The predicted octanol–water partition coefficient (Wildman–Crippen LogP) is -0.940.